The summed E-state index contributed by atoms with van der Waals surface area (Å²) in [6, 6.07) is 3.94. The van der Waals surface area contributed by atoms with Crippen molar-refractivity contribution in [1.29, 1.82) is 0 Å². The molecule has 2 aliphatic heterocycles. The molecule has 0 atom stereocenters. The number of piperazine rings is 1. The van der Waals surface area contributed by atoms with Crippen LogP contribution in [0.1, 0.15) is 25.5 Å². The zero-order valence-corrected chi connectivity index (χ0v) is 13.0. The maximum atomic E-state index is 12.8. The zero-order chi connectivity index (χ0) is 14.9. The number of hydrogen-bond acceptors (Lipinski definition) is 4. The Hall–Kier alpha value is -1.33. The van der Waals surface area contributed by atoms with Crippen LogP contribution in [0.5, 0.6) is 0 Å². The van der Waals surface area contributed by atoms with Crippen molar-refractivity contribution < 1.29 is 9.21 Å². The number of carbonyl (C=O) groups excluding carboxylic acids is 1. The predicted octanol–water partition coefficient (Wildman–Crippen LogP) is 1.41. The molecule has 3 rings (SSSR count). The lowest BCUT2D eigenvalue weighted by molar-refractivity contribution is -0.154. The van der Waals surface area contributed by atoms with Gasteiger partial charge in [0.15, 0.2) is 0 Å². The minimum Gasteiger partial charge on any atom is -0.468 e. The van der Waals surface area contributed by atoms with Gasteiger partial charge in [0, 0.05) is 32.7 Å². The number of amides is 1. The summed E-state index contributed by atoms with van der Waals surface area (Å²) in [4.78, 5) is 19.5. The second-order valence-electron chi connectivity index (χ2n) is 6.19. The van der Waals surface area contributed by atoms with E-state index in [4.69, 9.17) is 4.42 Å². The Kier molecular flexibility index (Phi) is 4.04. The highest BCUT2D eigenvalue weighted by molar-refractivity contribution is 5.87. The fourth-order valence-electron chi connectivity index (χ4n) is 3.65. The van der Waals surface area contributed by atoms with Crippen LogP contribution in [0.15, 0.2) is 22.8 Å². The van der Waals surface area contributed by atoms with Gasteiger partial charge in [0.05, 0.1) is 12.8 Å². The van der Waals surface area contributed by atoms with Crippen LogP contribution in [-0.4, -0.2) is 65.9 Å². The maximum absolute atomic E-state index is 12.8. The number of furan rings is 1. The lowest BCUT2D eigenvalue weighted by Gasteiger charge is -2.51. The molecule has 0 N–H and O–H groups in total. The van der Waals surface area contributed by atoms with E-state index in [1.54, 1.807) is 6.26 Å². The predicted molar refractivity (Wildman–Crippen MR) is 80.8 cm³/mol. The van der Waals surface area contributed by atoms with Crippen LogP contribution in [0.3, 0.4) is 0 Å². The van der Waals surface area contributed by atoms with E-state index in [1.165, 1.54) is 0 Å². The lowest BCUT2D eigenvalue weighted by Crippen LogP contribution is -2.67. The largest absolute Gasteiger partial charge is 0.468 e. The third kappa shape index (κ3) is 2.60. The van der Waals surface area contributed by atoms with Crippen LogP contribution in [0.4, 0.5) is 0 Å². The molecular formula is C16H25N3O2. The van der Waals surface area contributed by atoms with E-state index in [0.29, 0.717) is 5.91 Å². The molecule has 21 heavy (non-hydrogen) atoms. The normalized spacial score (nSPS) is 23.9. The summed E-state index contributed by atoms with van der Waals surface area (Å²) in [5.74, 6) is 1.33. The second-order valence-corrected chi connectivity index (χ2v) is 6.19. The summed E-state index contributed by atoms with van der Waals surface area (Å²) >= 11 is 0. The van der Waals surface area contributed by atoms with E-state index in [9.17, 15) is 4.79 Å². The molecule has 116 valence electrons. The first-order chi connectivity index (χ1) is 10.2. The topological polar surface area (TPSA) is 39.9 Å². The fourth-order valence-corrected chi connectivity index (χ4v) is 3.65. The van der Waals surface area contributed by atoms with E-state index >= 15 is 0 Å². The number of nitrogens with zero attached hydrogens (tertiary/aromatic N) is 3. The van der Waals surface area contributed by atoms with Crippen molar-refractivity contribution in [3.63, 3.8) is 0 Å². The van der Waals surface area contributed by atoms with Gasteiger partial charge < -0.3 is 9.32 Å². The lowest BCUT2D eigenvalue weighted by atomic mass is 9.82. The average molecular weight is 291 g/mol. The number of likely N-dealkylation sites (tertiary alicyclic amines) is 1. The first kappa shape index (κ1) is 14.6. The molecular weight excluding hydrogens is 266 g/mol. The molecule has 0 unspecified atom stereocenters. The first-order valence-corrected chi connectivity index (χ1v) is 7.91. The molecule has 0 bridgehead atoms. The van der Waals surface area contributed by atoms with Gasteiger partial charge in [-0.3, -0.25) is 14.6 Å². The summed E-state index contributed by atoms with van der Waals surface area (Å²) in [5.41, 5.74) is -0.270. The Labute approximate surface area is 126 Å². The molecule has 0 aliphatic carbocycles. The van der Waals surface area contributed by atoms with Gasteiger partial charge in [0.1, 0.15) is 11.3 Å². The van der Waals surface area contributed by atoms with Gasteiger partial charge in [-0.05, 0) is 38.9 Å². The summed E-state index contributed by atoms with van der Waals surface area (Å²) < 4.78 is 5.42. The van der Waals surface area contributed by atoms with Gasteiger partial charge in [0.2, 0.25) is 5.91 Å². The van der Waals surface area contributed by atoms with Gasteiger partial charge >= 0.3 is 0 Å². The van der Waals surface area contributed by atoms with E-state index in [2.05, 4.69) is 23.8 Å². The Morgan fingerprint density at radius 3 is 2.62 bits per heavy atom. The van der Waals surface area contributed by atoms with Crippen molar-refractivity contribution in [3.8, 4) is 0 Å². The van der Waals surface area contributed by atoms with Gasteiger partial charge in [-0.15, -0.1) is 0 Å². The van der Waals surface area contributed by atoms with E-state index < -0.39 is 0 Å². The van der Waals surface area contributed by atoms with E-state index in [0.717, 1.165) is 57.9 Å². The highest BCUT2D eigenvalue weighted by Gasteiger charge is 2.48. The molecule has 2 saturated heterocycles. The van der Waals surface area contributed by atoms with E-state index in [1.807, 2.05) is 17.0 Å². The number of rotatable bonds is 3. The Bertz CT molecular complexity index is 478. The van der Waals surface area contributed by atoms with Gasteiger partial charge in [-0.25, -0.2) is 0 Å². The van der Waals surface area contributed by atoms with Gasteiger partial charge in [0.25, 0.3) is 0 Å². The zero-order valence-electron chi connectivity index (χ0n) is 13.0. The third-order valence-electron chi connectivity index (χ3n) is 5.15. The highest BCUT2D eigenvalue weighted by atomic mass is 16.3. The minimum atomic E-state index is -0.270. The van der Waals surface area contributed by atoms with Crippen LogP contribution in [0, 0.1) is 0 Å². The van der Waals surface area contributed by atoms with Crippen LogP contribution in [-0.2, 0) is 11.3 Å². The van der Waals surface area contributed by atoms with Crippen molar-refractivity contribution in [2.75, 3.05) is 39.8 Å². The summed E-state index contributed by atoms with van der Waals surface area (Å²) in [6.07, 6.45) is 3.55. The van der Waals surface area contributed by atoms with Gasteiger partial charge in [-0.1, -0.05) is 0 Å². The molecule has 1 spiro atoms. The number of likely N-dealkylation sites (N-methyl/N-ethyl adjacent to an activating group) is 2. The van der Waals surface area contributed by atoms with Crippen LogP contribution in [0.2, 0.25) is 0 Å². The fraction of sp³-hybridized carbons (Fsp3) is 0.688. The minimum absolute atomic E-state index is 0.270. The molecule has 5 heteroatoms. The van der Waals surface area contributed by atoms with Crippen molar-refractivity contribution in [3.05, 3.63) is 24.2 Å². The smallest absolute Gasteiger partial charge is 0.243 e. The molecule has 0 saturated carbocycles. The summed E-state index contributed by atoms with van der Waals surface area (Å²) in [5, 5.41) is 0. The van der Waals surface area contributed by atoms with Crippen molar-refractivity contribution in [2.24, 2.45) is 0 Å². The molecule has 0 aromatic carbocycles. The molecule has 2 aliphatic rings. The summed E-state index contributed by atoms with van der Waals surface area (Å²) in [7, 11) is 2.10. The van der Waals surface area contributed by atoms with Crippen molar-refractivity contribution in [2.45, 2.75) is 31.8 Å². The van der Waals surface area contributed by atoms with E-state index in [-0.39, 0.29) is 5.54 Å². The number of piperidine rings is 1. The van der Waals surface area contributed by atoms with Crippen LogP contribution in [0.25, 0.3) is 0 Å². The Morgan fingerprint density at radius 1 is 1.24 bits per heavy atom. The summed E-state index contributed by atoms with van der Waals surface area (Å²) in [6.45, 7) is 7.50. The Morgan fingerprint density at radius 2 is 2.00 bits per heavy atom. The molecule has 1 aromatic rings. The molecule has 2 fully saturated rings. The Balaban J connectivity index is 1.66. The molecule has 5 nitrogen and oxygen atoms in total. The standard InChI is InChI=1S/C16H25N3O2/c1-3-19-11-10-17(2)16(15(19)20)6-8-18(9-7-16)13-14-5-4-12-21-14/h4-5,12H,3,6-11,13H2,1-2H3. The second kappa shape index (κ2) is 5.81. The average Bonchev–Trinajstić information content (AvgIpc) is 3.00. The number of hydrogen-bond donors (Lipinski definition) is 0. The van der Waals surface area contributed by atoms with Gasteiger partial charge in [-0.2, -0.15) is 0 Å². The molecule has 1 aromatic heterocycles. The van der Waals surface area contributed by atoms with Crippen LogP contribution >= 0.6 is 0 Å². The molecule has 0 radical (unpaired) electrons. The third-order valence-corrected chi connectivity index (χ3v) is 5.15. The SMILES string of the molecule is CCN1CCN(C)C2(CCN(Cc3ccco3)CC2)C1=O. The van der Waals surface area contributed by atoms with Crippen LogP contribution < -0.4 is 0 Å². The first-order valence-electron chi connectivity index (χ1n) is 7.91. The van der Waals surface area contributed by atoms with Crippen molar-refractivity contribution in [1.82, 2.24) is 14.7 Å². The number of carbonyl (C=O) groups is 1. The maximum Gasteiger partial charge on any atom is 0.243 e. The molecule has 1 amide bonds. The molecule has 3 heterocycles. The monoisotopic (exact) mass is 291 g/mol. The highest BCUT2D eigenvalue weighted by Crippen LogP contribution is 2.33. The quantitative estimate of drug-likeness (QED) is 0.844. The van der Waals surface area contributed by atoms with Crippen molar-refractivity contribution >= 4 is 5.91 Å².